The van der Waals surface area contributed by atoms with Gasteiger partial charge < -0.3 is 15.4 Å². The zero-order chi connectivity index (χ0) is 22.9. The molecule has 1 aliphatic carbocycles. The van der Waals surface area contributed by atoms with E-state index >= 15 is 0 Å². The maximum Gasteiger partial charge on any atom is 0.434 e. The van der Waals surface area contributed by atoms with E-state index in [0.29, 0.717) is 23.0 Å². The van der Waals surface area contributed by atoms with Crippen molar-refractivity contribution < 1.29 is 27.5 Å². The first kappa shape index (κ1) is 21.7. The minimum absolute atomic E-state index is 0.0873. The molecule has 2 amide bonds. The Hall–Kier alpha value is -3.56. The molecular formula is C22H21F3N4O3. The van der Waals surface area contributed by atoms with Gasteiger partial charge in [0.05, 0.1) is 30.1 Å². The van der Waals surface area contributed by atoms with Gasteiger partial charge in [-0.05, 0) is 55.0 Å². The van der Waals surface area contributed by atoms with E-state index in [0.717, 1.165) is 35.2 Å². The van der Waals surface area contributed by atoms with Crippen molar-refractivity contribution >= 4 is 28.7 Å². The molecule has 10 heteroatoms. The second-order valence-corrected chi connectivity index (χ2v) is 7.69. The molecule has 0 aliphatic heterocycles. The van der Waals surface area contributed by atoms with Gasteiger partial charge in [0.1, 0.15) is 0 Å². The number of ether oxygens (including phenoxy) is 1. The highest BCUT2D eigenvalue weighted by atomic mass is 19.4. The van der Waals surface area contributed by atoms with E-state index in [1.54, 1.807) is 18.2 Å². The van der Waals surface area contributed by atoms with E-state index in [4.69, 9.17) is 0 Å². The lowest BCUT2D eigenvalue weighted by Crippen LogP contribution is -2.36. The molecule has 0 bridgehead atoms. The van der Waals surface area contributed by atoms with Gasteiger partial charge in [0.2, 0.25) is 0 Å². The standard InChI is InChI=1S/C22H21F3N4O3/c1-32-21(31)29-19-4-2-3-18(17(19)12-26-29)28-20(30)27-16-10-7-14(11-16)13-5-8-15(9-6-13)22(23,24)25/h2-6,8-9,12,14,16H,7,10-11H2,1H3,(H2,27,28,30)/t14-,16+/m1/s1. The molecule has 1 aliphatic rings. The summed E-state index contributed by atoms with van der Waals surface area (Å²) in [5, 5.41) is 10.3. The SMILES string of the molecule is COC(=O)n1ncc2c(NC(=O)N[C@H]3CC[C@@H](c4ccc(C(F)(F)F)cc4)C3)cccc21. The normalized spacial score (nSPS) is 18.5. The number of amides is 2. The number of methoxy groups -OCH3 is 1. The number of benzene rings is 2. The molecule has 1 aromatic heterocycles. The number of carbonyl (C=O) groups is 2. The second kappa shape index (κ2) is 8.52. The van der Waals surface area contributed by atoms with Crippen molar-refractivity contribution in [3.05, 3.63) is 59.8 Å². The Kier molecular flexibility index (Phi) is 5.77. The Morgan fingerprint density at radius 1 is 1.12 bits per heavy atom. The molecule has 168 valence electrons. The number of hydrogen-bond donors (Lipinski definition) is 2. The number of fused-ring (bicyclic) bond motifs is 1. The topological polar surface area (TPSA) is 85.2 Å². The molecule has 7 nitrogen and oxygen atoms in total. The number of urea groups is 1. The lowest BCUT2D eigenvalue weighted by molar-refractivity contribution is -0.137. The molecule has 1 heterocycles. The van der Waals surface area contributed by atoms with Crippen LogP contribution in [-0.4, -0.2) is 35.1 Å². The maximum absolute atomic E-state index is 12.8. The monoisotopic (exact) mass is 446 g/mol. The van der Waals surface area contributed by atoms with Crippen molar-refractivity contribution in [2.75, 3.05) is 12.4 Å². The number of alkyl halides is 3. The van der Waals surface area contributed by atoms with Gasteiger partial charge in [0.15, 0.2) is 0 Å². The first-order valence-electron chi connectivity index (χ1n) is 10.1. The zero-order valence-corrected chi connectivity index (χ0v) is 17.1. The third-order valence-corrected chi connectivity index (χ3v) is 5.69. The van der Waals surface area contributed by atoms with Gasteiger partial charge in [-0.15, -0.1) is 0 Å². The van der Waals surface area contributed by atoms with Gasteiger partial charge in [-0.25, -0.2) is 9.59 Å². The fourth-order valence-corrected chi connectivity index (χ4v) is 4.10. The molecule has 32 heavy (non-hydrogen) atoms. The van der Waals surface area contributed by atoms with Crippen LogP contribution < -0.4 is 10.6 Å². The van der Waals surface area contributed by atoms with Crippen LogP contribution in [0, 0.1) is 0 Å². The first-order chi connectivity index (χ1) is 15.3. The Morgan fingerprint density at radius 3 is 2.56 bits per heavy atom. The van der Waals surface area contributed by atoms with Crippen molar-refractivity contribution in [1.82, 2.24) is 15.1 Å². The number of nitrogens with one attached hydrogen (secondary N) is 2. The molecule has 0 saturated heterocycles. The Balaban J connectivity index is 1.38. The maximum atomic E-state index is 12.8. The van der Waals surface area contributed by atoms with Gasteiger partial charge in [0, 0.05) is 11.4 Å². The van der Waals surface area contributed by atoms with Crippen molar-refractivity contribution in [3.63, 3.8) is 0 Å². The summed E-state index contributed by atoms with van der Waals surface area (Å²) in [5.41, 5.74) is 1.16. The van der Waals surface area contributed by atoms with Crippen LogP contribution in [0.15, 0.2) is 48.7 Å². The average Bonchev–Trinajstić information content (AvgIpc) is 3.40. The van der Waals surface area contributed by atoms with E-state index in [1.165, 1.54) is 25.4 Å². The molecule has 2 aromatic carbocycles. The molecule has 1 saturated carbocycles. The third-order valence-electron chi connectivity index (χ3n) is 5.69. The quantitative estimate of drug-likeness (QED) is 0.584. The predicted molar refractivity (Wildman–Crippen MR) is 112 cm³/mol. The van der Waals surface area contributed by atoms with Gasteiger partial charge in [-0.1, -0.05) is 18.2 Å². The number of hydrogen-bond acceptors (Lipinski definition) is 4. The third kappa shape index (κ3) is 4.39. The smallest absolute Gasteiger partial charge is 0.434 e. The summed E-state index contributed by atoms with van der Waals surface area (Å²) in [6, 6.07) is 9.79. The van der Waals surface area contributed by atoms with Crippen LogP contribution in [0.1, 0.15) is 36.3 Å². The van der Waals surface area contributed by atoms with E-state index in [9.17, 15) is 22.8 Å². The van der Waals surface area contributed by atoms with Gasteiger partial charge in [-0.3, -0.25) is 0 Å². The minimum Gasteiger partial charge on any atom is -0.451 e. The summed E-state index contributed by atoms with van der Waals surface area (Å²) in [6.07, 6.45) is -1.38. The summed E-state index contributed by atoms with van der Waals surface area (Å²) in [6.45, 7) is 0. The van der Waals surface area contributed by atoms with Crippen molar-refractivity contribution in [3.8, 4) is 0 Å². The van der Waals surface area contributed by atoms with Crippen molar-refractivity contribution in [2.45, 2.75) is 37.4 Å². The lowest BCUT2D eigenvalue weighted by atomic mass is 9.96. The van der Waals surface area contributed by atoms with Crippen LogP contribution in [0.2, 0.25) is 0 Å². The molecule has 0 unspecified atom stereocenters. The van der Waals surface area contributed by atoms with Crippen molar-refractivity contribution in [1.29, 1.82) is 0 Å². The van der Waals surface area contributed by atoms with Crippen LogP contribution in [0.5, 0.6) is 0 Å². The molecule has 4 rings (SSSR count). The Labute approximate surface area is 181 Å². The van der Waals surface area contributed by atoms with Crippen LogP contribution in [0.25, 0.3) is 10.9 Å². The van der Waals surface area contributed by atoms with Crippen molar-refractivity contribution in [2.24, 2.45) is 0 Å². The highest BCUT2D eigenvalue weighted by molar-refractivity contribution is 6.02. The summed E-state index contributed by atoms with van der Waals surface area (Å²) in [4.78, 5) is 24.3. The molecule has 0 spiro atoms. The minimum atomic E-state index is -4.35. The predicted octanol–water partition coefficient (Wildman–Crippen LogP) is 5.13. The highest BCUT2D eigenvalue weighted by Gasteiger charge is 2.31. The van der Waals surface area contributed by atoms with Gasteiger partial charge >= 0.3 is 18.3 Å². The van der Waals surface area contributed by atoms with Crippen LogP contribution in [0.3, 0.4) is 0 Å². The zero-order valence-electron chi connectivity index (χ0n) is 17.1. The van der Waals surface area contributed by atoms with E-state index in [1.807, 2.05) is 0 Å². The van der Waals surface area contributed by atoms with E-state index < -0.39 is 23.9 Å². The lowest BCUT2D eigenvalue weighted by Gasteiger charge is -2.15. The number of carbonyl (C=O) groups excluding carboxylic acids is 2. The number of rotatable bonds is 3. The van der Waals surface area contributed by atoms with Gasteiger partial charge in [0.25, 0.3) is 0 Å². The molecule has 1 fully saturated rings. The molecule has 2 N–H and O–H groups in total. The molecular weight excluding hydrogens is 425 g/mol. The number of nitrogens with zero attached hydrogens (tertiary/aromatic N) is 2. The van der Waals surface area contributed by atoms with Gasteiger partial charge in [-0.2, -0.15) is 23.0 Å². The molecule has 2 atom stereocenters. The van der Waals surface area contributed by atoms with Crippen LogP contribution in [-0.2, 0) is 10.9 Å². The van der Waals surface area contributed by atoms with Crippen LogP contribution >= 0.6 is 0 Å². The average molecular weight is 446 g/mol. The number of aromatic nitrogens is 2. The largest absolute Gasteiger partial charge is 0.451 e. The highest BCUT2D eigenvalue weighted by Crippen LogP contribution is 2.36. The fraction of sp³-hybridized carbons (Fsp3) is 0.318. The number of halogens is 3. The Bertz CT molecular complexity index is 1140. The fourth-order valence-electron chi connectivity index (χ4n) is 4.10. The van der Waals surface area contributed by atoms with Crippen LogP contribution in [0.4, 0.5) is 28.4 Å². The summed E-state index contributed by atoms with van der Waals surface area (Å²) >= 11 is 0. The summed E-state index contributed by atoms with van der Waals surface area (Å²) in [7, 11) is 1.25. The van der Waals surface area contributed by atoms with E-state index in [2.05, 4.69) is 20.5 Å². The van der Waals surface area contributed by atoms with E-state index in [-0.39, 0.29) is 12.0 Å². The summed E-state index contributed by atoms with van der Waals surface area (Å²) < 4.78 is 44.1. The Morgan fingerprint density at radius 2 is 1.88 bits per heavy atom. The number of anilines is 1. The molecule has 3 aromatic rings. The summed E-state index contributed by atoms with van der Waals surface area (Å²) in [5.74, 6) is 0.0873. The second-order valence-electron chi connectivity index (χ2n) is 7.69. The first-order valence-corrected chi connectivity index (χ1v) is 10.1. The molecule has 0 radical (unpaired) electrons.